The maximum Gasteiger partial charge on any atom is 0.303 e. The van der Waals surface area contributed by atoms with Gasteiger partial charge in [-0.15, -0.1) is 0 Å². The van der Waals surface area contributed by atoms with Gasteiger partial charge in [-0.1, -0.05) is 19.3 Å². The van der Waals surface area contributed by atoms with E-state index in [9.17, 15) is 9.35 Å². The molecule has 1 saturated carbocycles. The van der Waals surface area contributed by atoms with Gasteiger partial charge >= 0.3 is 5.97 Å². The number of nitrogens with one attached hydrogen (secondary N) is 2. The molecular weight excluding hydrogens is 292 g/mol. The third kappa shape index (κ3) is 5.47. The SMILES string of the molecule is O=C(O)CCCN=c1[nH][s+]([O-])[nH]c1=NCC1CCCCC1. The molecule has 1 atom stereocenters. The second-order valence-corrected chi connectivity index (χ2v) is 6.34. The maximum absolute atomic E-state index is 11.5. The number of carboxylic acids is 1. The van der Waals surface area contributed by atoms with Gasteiger partial charge in [-0.2, -0.15) is 8.75 Å². The van der Waals surface area contributed by atoms with Crippen LogP contribution in [-0.2, 0) is 4.79 Å². The van der Waals surface area contributed by atoms with Crippen molar-refractivity contribution < 1.29 is 14.5 Å². The van der Waals surface area contributed by atoms with Crippen LogP contribution in [0.4, 0.5) is 0 Å². The van der Waals surface area contributed by atoms with E-state index in [0.717, 1.165) is 6.54 Å². The van der Waals surface area contributed by atoms with Crippen molar-refractivity contribution in [3.8, 4) is 0 Å². The summed E-state index contributed by atoms with van der Waals surface area (Å²) in [6.45, 7) is 1.12. The molecule has 1 fully saturated rings. The lowest BCUT2D eigenvalue weighted by molar-refractivity contribution is -0.137. The van der Waals surface area contributed by atoms with Crippen molar-refractivity contribution in [2.75, 3.05) is 13.1 Å². The van der Waals surface area contributed by atoms with Gasteiger partial charge < -0.3 is 9.66 Å². The maximum atomic E-state index is 11.5. The van der Waals surface area contributed by atoms with Crippen LogP contribution in [-0.4, -0.2) is 37.5 Å². The third-order valence-corrected chi connectivity index (χ3v) is 4.41. The normalized spacial score (nSPS) is 19.2. The number of hydrogen-bond donors (Lipinski definition) is 3. The predicted octanol–water partition coefficient (Wildman–Crippen LogP) is 1.32. The van der Waals surface area contributed by atoms with E-state index in [2.05, 4.69) is 18.7 Å². The van der Waals surface area contributed by atoms with Crippen LogP contribution in [0.25, 0.3) is 0 Å². The van der Waals surface area contributed by atoms with Crippen LogP contribution < -0.4 is 11.0 Å². The summed E-state index contributed by atoms with van der Waals surface area (Å²) in [5.41, 5.74) is 1.02. The van der Waals surface area contributed by atoms with Crippen LogP contribution >= 0.6 is 11.1 Å². The second-order valence-electron chi connectivity index (χ2n) is 5.39. The van der Waals surface area contributed by atoms with Gasteiger partial charge in [0.25, 0.3) is 0 Å². The van der Waals surface area contributed by atoms with Gasteiger partial charge in [0.2, 0.25) is 11.0 Å². The summed E-state index contributed by atoms with van der Waals surface area (Å²) in [6, 6.07) is 0. The van der Waals surface area contributed by atoms with Crippen LogP contribution in [0.1, 0.15) is 44.9 Å². The molecule has 0 spiro atoms. The number of nitrogens with zero attached hydrogens (tertiary/aromatic N) is 2. The molecule has 0 aliphatic heterocycles. The fourth-order valence-corrected chi connectivity index (χ4v) is 3.25. The standard InChI is InChI=1S/C13H22N4O3S/c18-11(19)7-4-8-14-12-13(17-21(20)16-12)15-9-10-5-2-1-3-6-10/h10H,1-9H2,(H,14,16)(H,15,17)(H,18,19). The van der Waals surface area contributed by atoms with Gasteiger partial charge in [0.15, 0.2) is 0 Å². The highest BCUT2D eigenvalue weighted by atomic mass is 32.2. The topological polar surface area (TPSA) is 117 Å². The number of aliphatic carboxylic acids is 1. The van der Waals surface area contributed by atoms with Crippen LogP contribution in [0.3, 0.4) is 0 Å². The Kier molecular flexibility index (Phi) is 6.19. The van der Waals surface area contributed by atoms with E-state index >= 15 is 0 Å². The molecule has 1 aromatic heterocycles. The molecule has 0 radical (unpaired) electrons. The molecule has 1 aliphatic rings. The number of H-pyrrole nitrogens is 2. The highest BCUT2D eigenvalue weighted by Crippen LogP contribution is 2.23. The Morgan fingerprint density at radius 1 is 1.24 bits per heavy atom. The number of carbonyl (C=O) groups is 1. The molecule has 0 amide bonds. The monoisotopic (exact) mass is 314 g/mol. The number of carboxylic acid groups (broad SMARTS) is 1. The molecular formula is C13H22N4O3S. The summed E-state index contributed by atoms with van der Waals surface area (Å²) in [5, 5.41) is 8.58. The average Bonchev–Trinajstić information content (AvgIpc) is 2.82. The van der Waals surface area contributed by atoms with E-state index < -0.39 is 17.1 Å². The van der Waals surface area contributed by atoms with E-state index in [0.29, 0.717) is 29.9 Å². The van der Waals surface area contributed by atoms with Crippen LogP contribution in [0.2, 0.25) is 0 Å². The summed E-state index contributed by atoms with van der Waals surface area (Å²) in [6.07, 6.45) is 6.81. The predicted molar refractivity (Wildman–Crippen MR) is 78.1 cm³/mol. The summed E-state index contributed by atoms with van der Waals surface area (Å²) in [4.78, 5) is 19.2. The summed E-state index contributed by atoms with van der Waals surface area (Å²) in [5.74, 6) is -0.224. The van der Waals surface area contributed by atoms with Gasteiger partial charge in [-0.05, 0) is 25.2 Å². The minimum absolute atomic E-state index is 0.0852. The Morgan fingerprint density at radius 3 is 2.57 bits per heavy atom. The molecule has 1 unspecified atom stereocenters. The van der Waals surface area contributed by atoms with Crippen molar-refractivity contribution >= 4 is 17.1 Å². The quantitative estimate of drug-likeness (QED) is 0.543. The molecule has 1 heterocycles. The lowest BCUT2D eigenvalue weighted by Gasteiger charge is -2.18. The summed E-state index contributed by atoms with van der Waals surface area (Å²) < 4.78 is 17.0. The van der Waals surface area contributed by atoms with Crippen molar-refractivity contribution in [2.45, 2.75) is 44.9 Å². The molecule has 21 heavy (non-hydrogen) atoms. The number of aromatic nitrogens is 2. The first-order chi connectivity index (χ1) is 10.1. The smallest absolute Gasteiger partial charge is 0.303 e. The molecule has 1 aliphatic carbocycles. The third-order valence-electron chi connectivity index (χ3n) is 3.65. The lowest BCUT2D eigenvalue weighted by atomic mass is 9.89. The first kappa shape index (κ1) is 16.0. The highest BCUT2D eigenvalue weighted by Gasteiger charge is 2.12. The van der Waals surface area contributed by atoms with Crippen molar-refractivity contribution in [2.24, 2.45) is 15.9 Å². The fourth-order valence-electron chi connectivity index (χ4n) is 2.52. The Hall–Kier alpha value is -1.41. The summed E-state index contributed by atoms with van der Waals surface area (Å²) >= 11 is -1.38. The van der Waals surface area contributed by atoms with Gasteiger partial charge in [0.1, 0.15) is 11.1 Å². The van der Waals surface area contributed by atoms with Gasteiger partial charge in [-0.3, -0.25) is 14.8 Å². The average molecular weight is 314 g/mol. The Labute approximate surface area is 126 Å². The second kappa shape index (κ2) is 8.14. The highest BCUT2D eigenvalue weighted by molar-refractivity contribution is 7.13. The lowest BCUT2D eigenvalue weighted by Crippen LogP contribution is -2.27. The van der Waals surface area contributed by atoms with Crippen LogP contribution in [0.5, 0.6) is 0 Å². The molecule has 3 N–H and O–H groups in total. The molecule has 0 aromatic carbocycles. The number of rotatable bonds is 6. The van der Waals surface area contributed by atoms with E-state index in [-0.39, 0.29) is 6.42 Å². The zero-order chi connectivity index (χ0) is 15.1. The van der Waals surface area contributed by atoms with Crippen LogP contribution in [0.15, 0.2) is 9.98 Å². The molecule has 118 valence electrons. The Morgan fingerprint density at radius 2 is 1.90 bits per heavy atom. The van der Waals surface area contributed by atoms with E-state index in [1.165, 1.54) is 32.1 Å². The van der Waals surface area contributed by atoms with E-state index in [4.69, 9.17) is 5.11 Å². The van der Waals surface area contributed by atoms with Gasteiger partial charge in [0, 0.05) is 19.5 Å². The molecule has 0 bridgehead atoms. The first-order valence-electron chi connectivity index (χ1n) is 7.41. The molecule has 1 aromatic rings. The molecule has 8 heteroatoms. The number of hydrogen-bond acceptors (Lipinski definition) is 4. The minimum atomic E-state index is -1.38. The largest absolute Gasteiger partial charge is 0.549 e. The van der Waals surface area contributed by atoms with Gasteiger partial charge in [0.05, 0.1) is 0 Å². The number of aromatic amines is 2. The van der Waals surface area contributed by atoms with Crippen LogP contribution in [0, 0.1) is 5.92 Å². The van der Waals surface area contributed by atoms with E-state index in [1.807, 2.05) is 0 Å². The fraction of sp³-hybridized carbons (Fsp3) is 0.769. The Bertz CT molecular complexity index is 581. The summed E-state index contributed by atoms with van der Waals surface area (Å²) in [7, 11) is 0. The Balaban J connectivity index is 2.01. The molecule has 2 rings (SSSR count). The van der Waals surface area contributed by atoms with Gasteiger partial charge in [-0.25, -0.2) is 0 Å². The minimum Gasteiger partial charge on any atom is -0.549 e. The molecule has 7 nitrogen and oxygen atoms in total. The zero-order valence-electron chi connectivity index (χ0n) is 12.0. The molecule has 0 saturated heterocycles. The van der Waals surface area contributed by atoms with Crippen molar-refractivity contribution in [1.29, 1.82) is 0 Å². The van der Waals surface area contributed by atoms with Crippen molar-refractivity contribution in [3.63, 3.8) is 0 Å². The first-order valence-corrected chi connectivity index (χ1v) is 8.56. The van der Waals surface area contributed by atoms with Crippen molar-refractivity contribution in [3.05, 3.63) is 11.0 Å². The van der Waals surface area contributed by atoms with E-state index in [1.54, 1.807) is 0 Å². The zero-order valence-corrected chi connectivity index (χ0v) is 12.8. The van der Waals surface area contributed by atoms with Crippen molar-refractivity contribution in [1.82, 2.24) is 8.75 Å².